The molecule has 148 valence electrons. The minimum Gasteiger partial charge on any atom is -0.326 e. The fourth-order valence-electron chi connectivity index (χ4n) is 3.04. The topological polar surface area (TPSA) is 75.5 Å². The normalized spacial score (nSPS) is 10.9. The van der Waals surface area contributed by atoms with E-state index < -0.39 is 0 Å². The first kappa shape index (κ1) is 20.8. The zero-order valence-corrected chi connectivity index (χ0v) is 18.5. The molecule has 1 heterocycles. The van der Waals surface area contributed by atoms with Crippen LogP contribution in [0.5, 0.6) is 0 Å². The second kappa shape index (κ2) is 9.04. The Morgan fingerprint density at radius 3 is 2.31 bits per heavy atom. The van der Waals surface area contributed by atoms with Gasteiger partial charge in [0.25, 0.3) is 5.91 Å². The quantitative estimate of drug-likeness (QED) is 0.309. The van der Waals surface area contributed by atoms with Crippen molar-refractivity contribution >= 4 is 46.3 Å². The number of benzene rings is 2. The number of halogens is 1. The minimum atomic E-state index is -0.318. The molecule has 0 saturated carbocycles. The number of carbonyl (C=O) groups is 2. The van der Waals surface area contributed by atoms with E-state index in [0.29, 0.717) is 11.3 Å². The van der Waals surface area contributed by atoms with Crippen molar-refractivity contribution in [3.63, 3.8) is 0 Å². The summed E-state index contributed by atoms with van der Waals surface area (Å²) in [6.45, 7) is 5.50. The fraction of sp³-hybridized carbons (Fsp3) is 0.136. The largest absolute Gasteiger partial charge is 0.326 e. The van der Waals surface area contributed by atoms with Crippen LogP contribution in [0.4, 0.5) is 5.69 Å². The van der Waals surface area contributed by atoms with Gasteiger partial charge in [0.15, 0.2) is 0 Å². The van der Waals surface area contributed by atoms with Crippen LogP contribution in [0.3, 0.4) is 0 Å². The highest BCUT2D eigenvalue weighted by Crippen LogP contribution is 2.20. The lowest BCUT2D eigenvalue weighted by Crippen LogP contribution is -2.17. The van der Waals surface area contributed by atoms with E-state index in [0.717, 1.165) is 22.6 Å². The van der Waals surface area contributed by atoms with Gasteiger partial charge in [0.05, 0.1) is 6.21 Å². The monoisotopic (exact) mass is 500 g/mol. The number of anilines is 1. The summed E-state index contributed by atoms with van der Waals surface area (Å²) in [7, 11) is 0. The molecular formula is C22H21IN4O2. The van der Waals surface area contributed by atoms with Crippen molar-refractivity contribution in [2.75, 3.05) is 5.32 Å². The first-order valence-electron chi connectivity index (χ1n) is 9.01. The van der Waals surface area contributed by atoms with Gasteiger partial charge in [-0.05, 0) is 91.0 Å². The van der Waals surface area contributed by atoms with Crippen LogP contribution in [-0.4, -0.2) is 22.6 Å². The molecule has 0 spiro atoms. The lowest BCUT2D eigenvalue weighted by atomic mass is 10.2. The molecule has 0 aliphatic carbocycles. The number of aryl methyl sites for hydroxylation is 1. The molecule has 3 aromatic rings. The lowest BCUT2D eigenvalue weighted by Gasteiger charge is -2.09. The SMILES string of the molecule is CC(=O)Nc1ccc(C(=O)NN=Cc2cc(C)n(-c3ccc(I)cc3)c2C)cc1. The summed E-state index contributed by atoms with van der Waals surface area (Å²) < 4.78 is 3.34. The van der Waals surface area contributed by atoms with Crippen LogP contribution in [0.25, 0.3) is 5.69 Å². The van der Waals surface area contributed by atoms with Gasteiger partial charge >= 0.3 is 0 Å². The first-order chi connectivity index (χ1) is 13.8. The minimum absolute atomic E-state index is 0.158. The van der Waals surface area contributed by atoms with E-state index in [4.69, 9.17) is 0 Å². The third kappa shape index (κ3) is 5.11. The average molecular weight is 500 g/mol. The molecular weight excluding hydrogens is 479 g/mol. The summed E-state index contributed by atoms with van der Waals surface area (Å²) in [4.78, 5) is 23.3. The number of rotatable bonds is 5. The number of aromatic nitrogens is 1. The predicted molar refractivity (Wildman–Crippen MR) is 124 cm³/mol. The van der Waals surface area contributed by atoms with Crippen molar-refractivity contribution in [1.29, 1.82) is 0 Å². The van der Waals surface area contributed by atoms with Crippen LogP contribution >= 0.6 is 22.6 Å². The molecule has 0 unspecified atom stereocenters. The highest BCUT2D eigenvalue weighted by Gasteiger charge is 2.10. The molecule has 6 nitrogen and oxygen atoms in total. The van der Waals surface area contributed by atoms with Crippen LogP contribution < -0.4 is 10.7 Å². The van der Waals surface area contributed by atoms with Crippen LogP contribution in [0.2, 0.25) is 0 Å². The smallest absolute Gasteiger partial charge is 0.271 e. The van der Waals surface area contributed by atoms with Gasteiger partial charge in [-0.3, -0.25) is 9.59 Å². The van der Waals surface area contributed by atoms with Crippen molar-refractivity contribution in [3.8, 4) is 5.69 Å². The Bertz CT molecular complexity index is 1070. The van der Waals surface area contributed by atoms with E-state index in [1.807, 2.05) is 19.9 Å². The number of nitrogens with zero attached hydrogens (tertiary/aromatic N) is 2. The first-order valence-corrected chi connectivity index (χ1v) is 10.1. The zero-order chi connectivity index (χ0) is 21.0. The maximum Gasteiger partial charge on any atom is 0.271 e. The number of hydrazone groups is 1. The predicted octanol–water partition coefficient (Wildman–Crippen LogP) is 4.42. The van der Waals surface area contributed by atoms with E-state index in [2.05, 4.69) is 67.3 Å². The Kier molecular flexibility index (Phi) is 6.48. The number of carbonyl (C=O) groups excluding carboxylic acids is 2. The summed E-state index contributed by atoms with van der Waals surface area (Å²) in [6.07, 6.45) is 1.65. The molecule has 0 radical (unpaired) electrons. The molecule has 1 aromatic heterocycles. The molecule has 0 saturated heterocycles. The molecule has 0 atom stereocenters. The van der Waals surface area contributed by atoms with Crippen molar-refractivity contribution in [2.24, 2.45) is 5.10 Å². The molecule has 29 heavy (non-hydrogen) atoms. The molecule has 0 fully saturated rings. The molecule has 0 bridgehead atoms. The van der Waals surface area contributed by atoms with E-state index in [1.54, 1.807) is 30.5 Å². The summed E-state index contributed by atoms with van der Waals surface area (Å²) in [5, 5.41) is 6.77. The Morgan fingerprint density at radius 2 is 1.69 bits per heavy atom. The highest BCUT2D eigenvalue weighted by atomic mass is 127. The van der Waals surface area contributed by atoms with Crippen molar-refractivity contribution in [3.05, 3.63) is 80.7 Å². The Balaban J connectivity index is 1.70. The molecule has 7 heteroatoms. The Hall–Kier alpha value is -2.94. The summed E-state index contributed by atoms with van der Waals surface area (Å²) in [6, 6.07) is 17.0. The van der Waals surface area contributed by atoms with Crippen LogP contribution in [0.1, 0.15) is 34.2 Å². The van der Waals surface area contributed by atoms with Gasteiger partial charge in [-0.2, -0.15) is 5.10 Å². The molecule has 2 amide bonds. The second-order valence-corrected chi connectivity index (χ2v) is 7.84. The van der Waals surface area contributed by atoms with Gasteiger partial charge < -0.3 is 9.88 Å². The fourth-order valence-corrected chi connectivity index (χ4v) is 3.40. The van der Waals surface area contributed by atoms with E-state index >= 15 is 0 Å². The Morgan fingerprint density at radius 1 is 1.03 bits per heavy atom. The van der Waals surface area contributed by atoms with Crippen molar-refractivity contribution < 1.29 is 9.59 Å². The lowest BCUT2D eigenvalue weighted by molar-refractivity contribution is -0.114. The van der Waals surface area contributed by atoms with E-state index in [1.165, 1.54) is 10.5 Å². The summed E-state index contributed by atoms with van der Waals surface area (Å²) in [5.41, 5.74) is 7.79. The Labute approximate surface area is 183 Å². The maximum absolute atomic E-state index is 12.3. The van der Waals surface area contributed by atoms with Gasteiger partial charge in [-0.25, -0.2) is 5.43 Å². The number of amides is 2. The molecule has 2 aromatic carbocycles. The van der Waals surface area contributed by atoms with Crippen molar-refractivity contribution in [1.82, 2.24) is 9.99 Å². The highest BCUT2D eigenvalue weighted by molar-refractivity contribution is 14.1. The van der Waals surface area contributed by atoms with Crippen LogP contribution in [-0.2, 0) is 4.79 Å². The molecule has 2 N–H and O–H groups in total. The average Bonchev–Trinajstić information content (AvgIpc) is 2.96. The number of nitrogens with one attached hydrogen (secondary N) is 2. The van der Waals surface area contributed by atoms with E-state index in [-0.39, 0.29) is 11.8 Å². The van der Waals surface area contributed by atoms with Gasteiger partial charge in [0.1, 0.15) is 0 Å². The second-order valence-electron chi connectivity index (χ2n) is 6.60. The van der Waals surface area contributed by atoms with Gasteiger partial charge in [-0.1, -0.05) is 0 Å². The molecule has 0 aliphatic rings. The standard InChI is InChI=1S/C22H21IN4O2/c1-14-12-18(15(2)27(14)21-10-6-19(23)7-11-21)13-24-26-22(29)17-4-8-20(9-5-17)25-16(3)28/h4-13H,1-3H3,(H,25,28)(H,26,29). The molecule has 3 rings (SSSR count). The zero-order valence-electron chi connectivity index (χ0n) is 16.4. The van der Waals surface area contributed by atoms with Crippen molar-refractivity contribution in [2.45, 2.75) is 20.8 Å². The maximum atomic E-state index is 12.3. The van der Waals surface area contributed by atoms with Crippen LogP contribution in [0, 0.1) is 17.4 Å². The van der Waals surface area contributed by atoms with Crippen LogP contribution in [0.15, 0.2) is 59.7 Å². The summed E-state index contributed by atoms with van der Waals surface area (Å²) in [5.74, 6) is -0.475. The third-order valence-electron chi connectivity index (χ3n) is 4.39. The van der Waals surface area contributed by atoms with Gasteiger partial charge in [0.2, 0.25) is 5.91 Å². The van der Waals surface area contributed by atoms with Gasteiger partial charge in [0, 0.05) is 44.4 Å². The number of hydrogen-bond donors (Lipinski definition) is 2. The number of hydrogen-bond acceptors (Lipinski definition) is 3. The van der Waals surface area contributed by atoms with E-state index in [9.17, 15) is 9.59 Å². The van der Waals surface area contributed by atoms with Gasteiger partial charge in [-0.15, -0.1) is 0 Å². The molecule has 0 aliphatic heterocycles. The third-order valence-corrected chi connectivity index (χ3v) is 5.11. The summed E-state index contributed by atoms with van der Waals surface area (Å²) >= 11 is 2.29.